The molecule has 0 heterocycles. The molecule has 0 spiro atoms. The highest BCUT2D eigenvalue weighted by Gasteiger charge is 2.10. The third-order valence-electron chi connectivity index (χ3n) is 3.83. The van der Waals surface area contributed by atoms with E-state index in [1.807, 2.05) is 12.1 Å². The number of rotatable bonds is 6. The van der Waals surface area contributed by atoms with Crippen LogP contribution in [0.2, 0.25) is 0 Å². The van der Waals surface area contributed by atoms with Crippen molar-refractivity contribution in [1.29, 1.82) is 0 Å². The van der Waals surface area contributed by atoms with Crippen molar-refractivity contribution in [3.63, 3.8) is 0 Å². The number of hydrogen-bond acceptors (Lipinski definition) is 3. The fourth-order valence-corrected chi connectivity index (χ4v) is 2.24. The molecule has 0 atom stereocenters. The second-order valence-electron chi connectivity index (χ2n) is 6.91. The van der Waals surface area contributed by atoms with E-state index in [1.165, 1.54) is 0 Å². The van der Waals surface area contributed by atoms with Gasteiger partial charge in [0.15, 0.2) is 0 Å². The molecule has 0 saturated heterocycles. The Morgan fingerprint density at radius 1 is 0.808 bits per heavy atom. The molecule has 0 aliphatic rings. The summed E-state index contributed by atoms with van der Waals surface area (Å²) >= 11 is 0. The topological polar surface area (TPSA) is 67.4 Å². The predicted molar refractivity (Wildman–Crippen MR) is 102 cm³/mol. The zero-order valence-electron chi connectivity index (χ0n) is 15.7. The molecule has 2 aromatic rings. The molecule has 0 saturated carbocycles. The highest BCUT2D eigenvalue weighted by molar-refractivity contribution is 5.99. The van der Waals surface area contributed by atoms with Crippen LogP contribution in [0.25, 0.3) is 0 Å². The Hall–Kier alpha value is -2.82. The molecule has 2 amide bonds. The molecular weight excluding hydrogens is 328 g/mol. The van der Waals surface area contributed by atoms with Crippen molar-refractivity contribution in [2.24, 2.45) is 5.92 Å². The number of hydrazine groups is 1. The zero-order valence-corrected chi connectivity index (χ0v) is 15.7. The molecule has 2 aromatic carbocycles. The van der Waals surface area contributed by atoms with E-state index in [9.17, 15) is 9.59 Å². The quantitative estimate of drug-likeness (QED) is 0.773. The second-order valence-corrected chi connectivity index (χ2v) is 6.91. The molecule has 0 aliphatic heterocycles. The highest BCUT2D eigenvalue weighted by atomic mass is 16.5. The number of carbonyl (C=O) groups excluding carboxylic acids is 2. The Kier molecular flexibility index (Phi) is 6.78. The van der Waals surface area contributed by atoms with E-state index in [0.29, 0.717) is 35.3 Å². The maximum absolute atomic E-state index is 12.1. The highest BCUT2D eigenvalue weighted by Crippen LogP contribution is 2.15. The van der Waals surface area contributed by atoms with Crippen molar-refractivity contribution in [2.75, 3.05) is 6.61 Å². The molecule has 0 unspecified atom stereocenters. The first-order valence-electron chi connectivity index (χ1n) is 8.80. The number of carbonyl (C=O) groups is 2. The summed E-state index contributed by atoms with van der Waals surface area (Å²) in [6, 6.07) is 14.1. The number of nitrogens with one attached hydrogen (secondary N) is 2. The van der Waals surface area contributed by atoms with Gasteiger partial charge in [-0.3, -0.25) is 20.4 Å². The molecule has 0 aromatic heterocycles. The van der Waals surface area contributed by atoms with E-state index in [-0.39, 0.29) is 11.8 Å². The lowest BCUT2D eigenvalue weighted by molar-refractivity contribution is 0.0846. The minimum atomic E-state index is -0.382. The standard InChI is InChI=1S/C21H26N2O3/c1-14(2)13-26-19-11-9-18(10-12-19)21(25)23-22-20(24)17-7-5-16(6-8-17)15(3)4/h5-12,14-15H,13H2,1-4H3,(H,22,24)(H,23,25). The van der Waals surface area contributed by atoms with Gasteiger partial charge in [0, 0.05) is 11.1 Å². The Labute approximate surface area is 154 Å². The van der Waals surface area contributed by atoms with Crippen molar-refractivity contribution >= 4 is 11.8 Å². The molecule has 0 bridgehead atoms. The zero-order chi connectivity index (χ0) is 19.1. The number of benzene rings is 2. The van der Waals surface area contributed by atoms with Crippen LogP contribution in [0.1, 0.15) is 59.9 Å². The van der Waals surface area contributed by atoms with Crippen LogP contribution < -0.4 is 15.6 Å². The van der Waals surface area contributed by atoms with E-state index in [2.05, 4.69) is 38.5 Å². The van der Waals surface area contributed by atoms with Crippen molar-refractivity contribution in [1.82, 2.24) is 10.9 Å². The van der Waals surface area contributed by atoms with Gasteiger partial charge >= 0.3 is 0 Å². The normalized spacial score (nSPS) is 10.7. The minimum absolute atomic E-state index is 0.356. The largest absolute Gasteiger partial charge is 0.493 e. The van der Waals surface area contributed by atoms with Gasteiger partial charge in [-0.25, -0.2) is 0 Å². The maximum Gasteiger partial charge on any atom is 0.269 e. The fraction of sp³-hybridized carbons (Fsp3) is 0.333. The Bertz CT molecular complexity index is 735. The van der Waals surface area contributed by atoms with Crippen LogP contribution in [-0.4, -0.2) is 18.4 Å². The van der Waals surface area contributed by atoms with Crippen LogP contribution in [0.3, 0.4) is 0 Å². The molecule has 0 aliphatic carbocycles. The van der Waals surface area contributed by atoms with Crippen molar-refractivity contribution in [2.45, 2.75) is 33.6 Å². The van der Waals surface area contributed by atoms with Crippen LogP contribution in [0.15, 0.2) is 48.5 Å². The van der Waals surface area contributed by atoms with Gasteiger partial charge < -0.3 is 4.74 Å². The Morgan fingerprint density at radius 2 is 1.27 bits per heavy atom. The molecule has 5 nitrogen and oxygen atoms in total. The predicted octanol–water partition coefficient (Wildman–Crippen LogP) is 3.92. The molecule has 2 N–H and O–H groups in total. The summed E-state index contributed by atoms with van der Waals surface area (Å²) in [5.41, 5.74) is 6.95. The van der Waals surface area contributed by atoms with Crippen LogP contribution in [-0.2, 0) is 0 Å². The van der Waals surface area contributed by atoms with Gasteiger partial charge in [0.2, 0.25) is 0 Å². The third-order valence-corrected chi connectivity index (χ3v) is 3.83. The number of amides is 2. The molecule has 0 fully saturated rings. The van der Waals surface area contributed by atoms with Gasteiger partial charge in [0.05, 0.1) is 6.61 Å². The van der Waals surface area contributed by atoms with E-state index in [1.54, 1.807) is 36.4 Å². The summed E-state index contributed by atoms with van der Waals surface area (Å²) in [7, 11) is 0. The van der Waals surface area contributed by atoms with E-state index < -0.39 is 0 Å². The van der Waals surface area contributed by atoms with E-state index >= 15 is 0 Å². The van der Waals surface area contributed by atoms with Crippen LogP contribution in [0.5, 0.6) is 5.75 Å². The molecular formula is C21H26N2O3. The smallest absolute Gasteiger partial charge is 0.269 e. The molecule has 138 valence electrons. The van der Waals surface area contributed by atoms with Crippen LogP contribution in [0, 0.1) is 5.92 Å². The third kappa shape index (κ3) is 5.62. The monoisotopic (exact) mass is 354 g/mol. The summed E-state index contributed by atoms with van der Waals surface area (Å²) in [6.07, 6.45) is 0. The molecule has 26 heavy (non-hydrogen) atoms. The lowest BCUT2D eigenvalue weighted by Crippen LogP contribution is -2.41. The van der Waals surface area contributed by atoms with Crippen molar-refractivity contribution in [3.8, 4) is 5.75 Å². The van der Waals surface area contributed by atoms with Crippen LogP contribution >= 0.6 is 0 Å². The lowest BCUT2D eigenvalue weighted by Gasteiger charge is -2.10. The van der Waals surface area contributed by atoms with Crippen molar-refractivity contribution in [3.05, 3.63) is 65.2 Å². The maximum atomic E-state index is 12.1. The summed E-state index contributed by atoms with van der Waals surface area (Å²) in [4.78, 5) is 24.3. The number of ether oxygens (including phenoxy) is 1. The second kappa shape index (κ2) is 9.04. The average molecular weight is 354 g/mol. The van der Waals surface area contributed by atoms with Gasteiger partial charge in [-0.15, -0.1) is 0 Å². The van der Waals surface area contributed by atoms with Gasteiger partial charge in [0.1, 0.15) is 5.75 Å². The Balaban J connectivity index is 1.88. The van der Waals surface area contributed by atoms with E-state index in [4.69, 9.17) is 4.74 Å². The molecule has 5 heteroatoms. The van der Waals surface area contributed by atoms with Crippen molar-refractivity contribution < 1.29 is 14.3 Å². The molecule has 0 radical (unpaired) electrons. The van der Waals surface area contributed by atoms with Crippen LogP contribution in [0.4, 0.5) is 0 Å². The number of hydrogen-bond donors (Lipinski definition) is 2. The summed E-state index contributed by atoms with van der Waals surface area (Å²) < 4.78 is 5.58. The first-order chi connectivity index (χ1) is 12.4. The van der Waals surface area contributed by atoms with Gasteiger partial charge in [-0.05, 0) is 53.8 Å². The Morgan fingerprint density at radius 3 is 1.69 bits per heavy atom. The lowest BCUT2D eigenvalue weighted by atomic mass is 10.0. The van der Waals surface area contributed by atoms with E-state index in [0.717, 1.165) is 5.56 Å². The van der Waals surface area contributed by atoms with Gasteiger partial charge in [-0.1, -0.05) is 39.8 Å². The van der Waals surface area contributed by atoms with Gasteiger partial charge in [-0.2, -0.15) is 0 Å². The molecule has 2 rings (SSSR count). The summed E-state index contributed by atoms with van der Waals surface area (Å²) in [6.45, 7) is 8.95. The fourth-order valence-electron chi connectivity index (χ4n) is 2.24. The SMILES string of the molecule is CC(C)COc1ccc(C(=O)NNC(=O)c2ccc(C(C)C)cc2)cc1. The average Bonchev–Trinajstić information content (AvgIpc) is 2.64. The van der Waals surface area contributed by atoms with Gasteiger partial charge in [0.25, 0.3) is 11.8 Å². The first-order valence-corrected chi connectivity index (χ1v) is 8.80. The summed E-state index contributed by atoms with van der Waals surface area (Å²) in [5, 5.41) is 0. The summed E-state index contributed by atoms with van der Waals surface area (Å²) in [5.74, 6) is 0.810. The first kappa shape index (κ1) is 19.5. The minimum Gasteiger partial charge on any atom is -0.493 e.